The Hall–Kier alpha value is -2.54. The summed E-state index contributed by atoms with van der Waals surface area (Å²) in [6, 6.07) is 10.3. The third-order valence-corrected chi connectivity index (χ3v) is 4.91. The van der Waals surface area contributed by atoms with Crippen LogP contribution in [0.2, 0.25) is 0 Å². The fourth-order valence-corrected chi connectivity index (χ4v) is 3.40. The lowest BCUT2D eigenvalue weighted by atomic mass is 9.98. The van der Waals surface area contributed by atoms with E-state index in [1.807, 2.05) is 0 Å². The Morgan fingerprint density at radius 3 is 2.54 bits per heavy atom. The van der Waals surface area contributed by atoms with Gasteiger partial charge in [-0.2, -0.15) is 0 Å². The molecule has 148 valence electrons. The van der Waals surface area contributed by atoms with Crippen LogP contribution in [0.3, 0.4) is 0 Å². The highest BCUT2D eigenvalue weighted by Crippen LogP contribution is 2.33. The largest absolute Gasteiger partial charge is 0.508 e. The summed E-state index contributed by atoms with van der Waals surface area (Å²) < 4.78 is 16.2. The number of phenols is 1. The Morgan fingerprint density at radius 2 is 1.86 bits per heavy atom. The number of benzene rings is 2. The molecule has 0 bridgehead atoms. The lowest BCUT2D eigenvalue weighted by Crippen LogP contribution is -2.35. The first kappa shape index (κ1) is 20.2. The molecule has 2 aromatic carbocycles. The molecule has 6 nitrogen and oxygen atoms in total. The van der Waals surface area contributed by atoms with E-state index >= 15 is 0 Å². The van der Waals surface area contributed by atoms with E-state index in [-0.39, 0.29) is 23.9 Å². The molecule has 0 unspecified atom stereocenters. The van der Waals surface area contributed by atoms with E-state index in [1.165, 1.54) is 6.26 Å². The number of nitrogens with zero attached hydrogens (tertiary/aromatic N) is 1. The third kappa shape index (κ3) is 3.85. The fraction of sp³-hybridized carbons (Fsp3) is 0.286. The molecule has 1 fully saturated rings. The van der Waals surface area contributed by atoms with Crippen molar-refractivity contribution in [1.82, 2.24) is 4.90 Å². The Morgan fingerprint density at radius 1 is 1.14 bits per heavy atom. The maximum Gasteiger partial charge on any atom is 0.196 e. The van der Waals surface area contributed by atoms with E-state index < -0.39 is 0 Å². The molecule has 1 aliphatic rings. The number of phenolic OH excluding ortho intramolecular Hbond substituents is 1. The number of methoxy groups -OCH3 is 1. The monoisotopic (exact) mass is 403 g/mol. The minimum absolute atomic E-state index is 0. The Balaban J connectivity index is 0.00000225. The van der Waals surface area contributed by atoms with Crippen LogP contribution in [0.1, 0.15) is 21.5 Å². The molecule has 28 heavy (non-hydrogen) atoms. The van der Waals surface area contributed by atoms with Crippen molar-refractivity contribution in [2.24, 2.45) is 0 Å². The van der Waals surface area contributed by atoms with Gasteiger partial charge in [0.15, 0.2) is 5.78 Å². The minimum Gasteiger partial charge on any atom is -0.508 e. The van der Waals surface area contributed by atoms with Crippen LogP contribution >= 0.6 is 12.4 Å². The molecule has 1 N–H and O–H groups in total. The standard InChI is InChI=1S/C21H21NO5.ClH/c1-25-15-4-2-14(3-5-15)21(24)17-13-27-19-7-6-18(23)16(20(17)19)12-22-8-10-26-11-9-22;/h2-7,13,23H,8-12H2,1H3;1H. The van der Waals surface area contributed by atoms with Gasteiger partial charge in [-0.3, -0.25) is 9.69 Å². The maximum atomic E-state index is 13.1. The number of fused-ring (bicyclic) bond motifs is 1. The quantitative estimate of drug-likeness (QED) is 0.656. The summed E-state index contributed by atoms with van der Waals surface area (Å²) in [5.41, 5.74) is 2.29. The number of aromatic hydroxyl groups is 1. The summed E-state index contributed by atoms with van der Waals surface area (Å²) in [4.78, 5) is 15.3. The van der Waals surface area contributed by atoms with Gasteiger partial charge in [-0.1, -0.05) is 0 Å². The number of ketones is 1. The van der Waals surface area contributed by atoms with Gasteiger partial charge < -0.3 is 19.0 Å². The first-order valence-corrected chi connectivity index (χ1v) is 8.88. The number of carbonyl (C=O) groups is 1. The lowest BCUT2D eigenvalue weighted by Gasteiger charge is -2.27. The highest BCUT2D eigenvalue weighted by atomic mass is 35.5. The molecule has 1 aromatic heterocycles. The zero-order valence-electron chi connectivity index (χ0n) is 15.5. The van der Waals surface area contributed by atoms with Crippen molar-refractivity contribution in [2.45, 2.75) is 6.54 Å². The van der Waals surface area contributed by atoms with Crippen LogP contribution in [0.15, 0.2) is 47.1 Å². The van der Waals surface area contributed by atoms with Crippen molar-refractivity contribution >= 4 is 29.2 Å². The molecule has 1 saturated heterocycles. The number of morpholine rings is 1. The van der Waals surface area contributed by atoms with Gasteiger partial charge in [-0.05, 0) is 36.4 Å². The summed E-state index contributed by atoms with van der Waals surface area (Å²) in [6.45, 7) is 3.44. The van der Waals surface area contributed by atoms with E-state index in [1.54, 1.807) is 43.5 Å². The highest BCUT2D eigenvalue weighted by Gasteiger charge is 2.22. The minimum atomic E-state index is -0.148. The molecule has 0 atom stereocenters. The number of furan rings is 1. The first-order valence-electron chi connectivity index (χ1n) is 8.88. The predicted octanol–water partition coefficient (Wildman–Crippen LogP) is 3.63. The molecule has 7 heteroatoms. The number of rotatable bonds is 5. The highest BCUT2D eigenvalue weighted by molar-refractivity contribution is 6.16. The van der Waals surface area contributed by atoms with Gasteiger partial charge in [0, 0.05) is 36.1 Å². The van der Waals surface area contributed by atoms with Crippen LogP contribution in [-0.2, 0) is 11.3 Å². The molecule has 1 aliphatic heterocycles. The molecule has 0 aliphatic carbocycles. The lowest BCUT2D eigenvalue weighted by molar-refractivity contribution is 0.0340. The molecule has 0 amide bonds. The molecule has 0 saturated carbocycles. The zero-order chi connectivity index (χ0) is 18.8. The SMILES string of the molecule is COc1ccc(C(=O)c2coc3ccc(O)c(CN4CCOCC4)c23)cc1.Cl. The second-order valence-corrected chi connectivity index (χ2v) is 6.53. The molecular formula is C21H22ClNO5. The van der Waals surface area contributed by atoms with Crippen LogP contribution in [0, 0.1) is 0 Å². The number of hydrogen-bond donors (Lipinski definition) is 1. The summed E-state index contributed by atoms with van der Waals surface area (Å²) in [5, 5.41) is 11.1. The third-order valence-electron chi connectivity index (χ3n) is 4.91. The number of carbonyl (C=O) groups excluding carboxylic acids is 1. The average Bonchev–Trinajstić information content (AvgIpc) is 3.15. The molecule has 0 radical (unpaired) electrons. The molecule has 3 aromatic rings. The smallest absolute Gasteiger partial charge is 0.196 e. The normalized spacial score (nSPS) is 14.6. The van der Waals surface area contributed by atoms with Gasteiger partial charge in [0.2, 0.25) is 0 Å². The molecular weight excluding hydrogens is 382 g/mol. The predicted molar refractivity (Wildman–Crippen MR) is 108 cm³/mol. The Kier molecular flexibility index (Phi) is 6.24. The van der Waals surface area contributed by atoms with Crippen LogP contribution in [-0.4, -0.2) is 49.2 Å². The summed E-state index contributed by atoms with van der Waals surface area (Å²) in [5.74, 6) is 0.707. The number of ether oxygens (including phenoxy) is 2. The van der Waals surface area contributed by atoms with Crippen LogP contribution in [0.5, 0.6) is 11.5 Å². The average molecular weight is 404 g/mol. The molecule has 0 spiro atoms. The van der Waals surface area contributed by atoms with Gasteiger partial charge in [-0.15, -0.1) is 12.4 Å². The van der Waals surface area contributed by atoms with Crippen molar-refractivity contribution in [3.8, 4) is 11.5 Å². The summed E-state index contributed by atoms with van der Waals surface area (Å²) in [6.07, 6.45) is 1.47. The fourth-order valence-electron chi connectivity index (χ4n) is 3.40. The molecule has 4 rings (SSSR count). The van der Waals surface area contributed by atoms with Gasteiger partial charge in [-0.25, -0.2) is 0 Å². The van der Waals surface area contributed by atoms with Gasteiger partial charge in [0.05, 0.1) is 25.9 Å². The number of hydrogen-bond acceptors (Lipinski definition) is 6. The van der Waals surface area contributed by atoms with Gasteiger partial charge in [0.25, 0.3) is 0 Å². The second kappa shape index (κ2) is 8.65. The maximum absolute atomic E-state index is 13.1. The van der Waals surface area contributed by atoms with Crippen molar-refractivity contribution in [1.29, 1.82) is 0 Å². The first-order chi connectivity index (χ1) is 13.2. The van der Waals surface area contributed by atoms with Crippen molar-refractivity contribution in [3.63, 3.8) is 0 Å². The van der Waals surface area contributed by atoms with E-state index in [9.17, 15) is 9.90 Å². The topological polar surface area (TPSA) is 72.1 Å². The van der Waals surface area contributed by atoms with E-state index in [0.717, 1.165) is 13.1 Å². The van der Waals surface area contributed by atoms with Crippen LogP contribution < -0.4 is 4.74 Å². The number of halogens is 1. The zero-order valence-corrected chi connectivity index (χ0v) is 16.3. The van der Waals surface area contributed by atoms with Crippen LogP contribution in [0.25, 0.3) is 11.0 Å². The Bertz CT molecular complexity index is 961. The second-order valence-electron chi connectivity index (χ2n) is 6.53. The van der Waals surface area contributed by atoms with E-state index in [2.05, 4.69) is 4.90 Å². The Labute approximate surface area is 169 Å². The van der Waals surface area contributed by atoms with Gasteiger partial charge in [0.1, 0.15) is 23.3 Å². The van der Waals surface area contributed by atoms with E-state index in [0.29, 0.717) is 53.2 Å². The summed E-state index contributed by atoms with van der Waals surface area (Å²) >= 11 is 0. The molecule has 2 heterocycles. The van der Waals surface area contributed by atoms with Crippen molar-refractivity contribution in [2.75, 3.05) is 33.4 Å². The van der Waals surface area contributed by atoms with Crippen molar-refractivity contribution < 1.29 is 23.8 Å². The van der Waals surface area contributed by atoms with Crippen molar-refractivity contribution in [3.05, 3.63) is 59.4 Å². The summed E-state index contributed by atoms with van der Waals surface area (Å²) in [7, 11) is 1.58. The van der Waals surface area contributed by atoms with E-state index in [4.69, 9.17) is 13.9 Å². The van der Waals surface area contributed by atoms with Crippen LogP contribution in [0.4, 0.5) is 0 Å². The van der Waals surface area contributed by atoms with Gasteiger partial charge >= 0.3 is 0 Å².